The Hall–Kier alpha value is -4.56. The van der Waals surface area contributed by atoms with Gasteiger partial charge in [0, 0.05) is 30.8 Å². The largest absolute Gasteiger partial charge is 0.453 e. The van der Waals surface area contributed by atoms with Crippen LogP contribution in [0.15, 0.2) is 73.2 Å². The van der Waals surface area contributed by atoms with Gasteiger partial charge in [0.2, 0.25) is 0 Å². The summed E-state index contributed by atoms with van der Waals surface area (Å²) in [6, 6.07) is 17.6. The fourth-order valence-electron chi connectivity index (χ4n) is 5.15. The van der Waals surface area contributed by atoms with Crippen molar-refractivity contribution in [3.8, 4) is 0 Å². The third-order valence-corrected chi connectivity index (χ3v) is 7.42. The van der Waals surface area contributed by atoms with Gasteiger partial charge in [0.05, 0.1) is 25.9 Å². The summed E-state index contributed by atoms with van der Waals surface area (Å²) in [4.78, 5) is 46.5. The van der Waals surface area contributed by atoms with Crippen molar-refractivity contribution in [3.63, 3.8) is 0 Å². The molecule has 1 aromatic heterocycles. The number of amides is 2. The van der Waals surface area contributed by atoms with E-state index in [-0.39, 0.29) is 37.6 Å². The van der Waals surface area contributed by atoms with Gasteiger partial charge in [-0.2, -0.15) is 13.2 Å². The van der Waals surface area contributed by atoms with Gasteiger partial charge in [-0.05, 0) is 29.5 Å². The highest BCUT2D eigenvalue weighted by Gasteiger charge is 2.33. The summed E-state index contributed by atoms with van der Waals surface area (Å²) in [6.07, 6.45) is -2.66. The van der Waals surface area contributed by atoms with E-state index in [4.69, 9.17) is 14.2 Å². The molecule has 2 aromatic carbocycles. The number of halogens is 3. The average Bonchev–Trinajstić information content (AvgIpc) is 3.06. The number of Topliss-reactive ketones (excluding diaryl/α,β-unsaturated/α-hetero) is 1. The first kappa shape index (κ1) is 34.3. The van der Waals surface area contributed by atoms with Crippen LogP contribution in [0.1, 0.15) is 34.7 Å². The molecule has 3 aromatic rings. The number of benzene rings is 2. The van der Waals surface area contributed by atoms with Gasteiger partial charge in [-0.25, -0.2) is 19.6 Å². The number of methoxy groups -OCH3 is 1. The van der Waals surface area contributed by atoms with Gasteiger partial charge in [0.25, 0.3) is 0 Å². The summed E-state index contributed by atoms with van der Waals surface area (Å²) in [5.41, 5.74) is 2.97. The Bertz CT molecular complexity index is 1380. The third-order valence-electron chi connectivity index (χ3n) is 7.42. The molecule has 1 aliphatic rings. The lowest BCUT2D eigenvalue weighted by Crippen LogP contribution is -2.49. The van der Waals surface area contributed by atoms with Crippen LogP contribution in [0.25, 0.3) is 0 Å². The third kappa shape index (κ3) is 10.5. The molecule has 3 atom stereocenters. The molecule has 4 rings (SSSR count). The molecule has 46 heavy (non-hydrogen) atoms. The number of carbonyl (C=O) groups is 3. The van der Waals surface area contributed by atoms with Gasteiger partial charge in [-0.1, -0.05) is 60.7 Å². The average molecular weight is 644 g/mol. The predicted octanol–water partition coefficient (Wildman–Crippen LogP) is 3.72. The highest BCUT2D eigenvalue weighted by molar-refractivity contribution is 5.90. The topological polar surface area (TPSA) is 141 Å². The smallest absolute Gasteiger partial charge is 0.407 e. The van der Waals surface area contributed by atoms with E-state index in [0.29, 0.717) is 30.6 Å². The van der Waals surface area contributed by atoms with Gasteiger partial charge >= 0.3 is 18.4 Å². The second-order valence-corrected chi connectivity index (χ2v) is 10.7. The molecule has 0 saturated carbocycles. The summed E-state index contributed by atoms with van der Waals surface area (Å²) in [7, 11) is 1.24. The Kier molecular flexibility index (Phi) is 12.4. The Morgan fingerprint density at radius 1 is 1.04 bits per heavy atom. The van der Waals surface area contributed by atoms with E-state index in [1.54, 1.807) is 11.5 Å². The number of nitrogens with one attached hydrogen (secondary N) is 3. The lowest BCUT2D eigenvalue weighted by Gasteiger charge is -2.30. The zero-order valence-electron chi connectivity index (χ0n) is 25.2. The van der Waals surface area contributed by atoms with Crippen LogP contribution in [0.3, 0.4) is 0 Å². The molecule has 3 N–H and O–H groups in total. The lowest BCUT2D eigenvalue weighted by atomic mass is 9.82. The summed E-state index contributed by atoms with van der Waals surface area (Å²) in [5.74, 6) is -0.742. The number of aromatic nitrogens is 2. The van der Waals surface area contributed by atoms with Crippen LogP contribution >= 0.6 is 0 Å². The van der Waals surface area contributed by atoms with E-state index in [1.165, 1.54) is 13.4 Å². The van der Waals surface area contributed by atoms with Crippen molar-refractivity contribution in [1.29, 1.82) is 0 Å². The second kappa shape index (κ2) is 16.7. The first-order valence-electron chi connectivity index (χ1n) is 14.7. The van der Waals surface area contributed by atoms with Crippen molar-refractivity contribution in [1.82, 2.24) is 25.9 Å². The van der Waals surface area contributed by atoms with Crippen molar-refractivity contribution in [2.24, 2.45) is 0 Å². The molecule has 1 saturated heterocycles. The Balaban J connectivity index is 1.38. The minimum Gasteiger partial charge on any atom is -0.453 e. The predicted molar refractivity (Wildman–Crippen MR) is 160 cm³/mol. The molecular formula is C32H36F3N5O6. The lowest BCUT2D eigenvalue weighted by molar-refractivity contribution is -0.124. The molecule has 246 valence electrons. The highest BCUT2D eigenvalue weighted by atomic mass is 19.4. The van der Waals surface area contributed by atoms with Gasteiger partial charge in [-0.3, -0.25) is 4.79 Å². The van der Waals surface area contributed by atoms with Crippen molar-refractivity contribution in [2.45, 2.75) is 49.5 Å². The van der Waals surface area contributed by atoms with Crippen LogP contribution in [-0.4, -0.2) is 85.7 Å². The van der Waals surface area contributed by atoms with Crippen molar-refractivity contribution < 1.29 is 41.8 Å². The number of alkyl carbamates (subject to hydrolysis) is 2. The summed E-state index contributed by atoms with van der Waals surface area (Å²) in [6.45, 7) is -1.02. The summed E-state index contributed by atoms with van der Waals surface area (Å²) < 4.78 is 52.3. The number of nitrogens with zero attached hydrogens (tertiary/aromatic N) is 2. The number of ether oxygens (including phenoxy) is 3. The molecule has 0 radical (unpaired) electrons. The number of aryl methyl sites for hydroxylation is 1. The van der Waals surface area contributed by atoms with E-state index in [0.717, 1.165) is 11.1 Å². The SMILES string of the molecule is COC(=O)N[C@H](C(=O)Cc1cncnc1CC[C@@H]1CN[C@H](COC(=O)NCC(F)(F)F)CO1)C(c1ccccc1)c1ccccc1. The minimum absolute atomic E-state index is 0.0411. The molecule has 2 heterocycles. The minimum atomic E-state index is -4.52. The van der Waals surface area contributed by atoms with Crippen molar-refractivity contribution in [3.05, 3.63) is 95.6 Å². The maximum Gasteiger partial charge on any atom is 0.407 e. The van der Waals surface area contributed by atoms with E-state index in [1.807, 2.05) is 60.7 Å². The molecule has 14 heteroatoms. The molecule has 0 spiro atoms. The molecule has 11 nitrogen and oxygen atoms in total. The molecule has 1 aliphatic heterocycles. The van der Waals surface area contributed by atoms with Crippen molar-refractivity contribution in [2.75, 3.05) is 33.4 Å². The first-order valence-corrected chi connectivity index (χ1v) is 14.7. The van der Waals surface area contributed by atoms with Gasteiger partial charge in [-0.15, -0.1) is 0 Å². The standard InChI is InChI=1S/C32H36F3N5O6/c1-44-31(43)40-29(28(21-8-4-2-5-9-21)22-10-6-3-7-11-22)27(41)14-23-15-36-20-39-26(23)13-12-25-16-37-24(17-45-25)18-46-30(42)38-19-32(33,34)35/h2-11,15,20,24-25,28-29,37H,12-14,16-19H2,1H3,(H,38,42)(H,40,43)/t24-,25+,29+/m0/s1. The van der Waals surface area contributed by atoms with Crippen LogP contribution in [0.2, 0.25) is 0 Å². The van der Waals surface area contributed by atoms with E-state index in [9.17, 15) is 27.6 Å². The molecule has 1 fully saturated rings. The number of hydrogen-bond donors (Lipinski definition) is 3. The second-order valence-electron chi connectivity index (χ2n) is 10.7. The normalized spacial score (nSPS) is 17.2. The first-order chi connectivity index (χ1) is 22.1. The highest BCUT2D eigenvalue weighted by Crippen LogP contribution is 2.30. The molecule has 2 amide bonds. The monoisotopic (exact) mass is 643 g/mol. The number of morpholine rings is 1. The quantitative estimate of drug-likeness (QED) is 0.254. The number of ketones is 1. The van der Waals surface area contributed by atoms with Gasteiger partial charge in [0.1, 0.15) is 25.5 Å². The fraction of sp³-hybridized carbons (Fsp3) is 0.406. The van der Waals surface area contributed by atoms with Gasteiger partial charge in [0.15, 0.2) is 5.78 Å². The summed E-state index contributed by atoms with van der Waals surface area (Å²) >= 11 is 0. The zero-order chi connectivity index (χ0) is 32.9. The van der Waals surface area contributed by atoms with Crippen molar-refractivity contribution >= 4 is 18.0 Å². The van der Waals surface area contributed by atoms with E-state index < -0.39 is 36.9 Å². The number of carbonyl (C=O) groups excluding carboxylic acids is 3. The van der Waals surface area contributed by atoms with E-state index in [2.05, 4.69) is 20.6 Å². The Morgan fingerprint density at radius 2 is 1.72 bits per heavy atom. The Labute approximate surface area is 264 Å². The van der Waals surface area contributed by atoms with Crippen LogP contribution in [0.4, 0.5) is 22.8 Å². The van der Waals surface area contributed by atoms with Crippen LogP contribution < -0.4 is 16.0 Å². The van der Waals surface area contributed by atoms with E-state index >= 15 is 0 Å². The molecule has 0 bridgehead atoms. The number of alkyl halides is 3. The van der Waals surface area contributed by atoms with Crippen LogP contribution in [0.5, 0.6) is 0 Å². The van der Waals surface area contributed by atoms with Gasteiger partial charge < -0.3 is 30.2 Å². The van der Waals surface area contributed by atoms with Crippen LogP contribution in [0, 0.1) is 0 Å². The number of hydrogen-bond acceptors (Lipinski definition) is 9. The molecular weight excluding hydrogens is 607 g/mol. The molecule has 0 unspecified atom stereocenters. The summed E-state index contributed by atoms with van der Waals surface area (Å²) in [5, 5.41) is 7.58. The Morgan fingerprint density at radius 3 is 2.30 bits per heavy atom. The fourth-order valence-corrected chi connectivity index (χ4v) is 5.15. The maximum atomic E-state index is 14.0. The number of rotatable bonds is 13. The zero-order valence-corrected chi connectivity index (χ0v) is 25.2. The van der Waals surface area contributed by atoms with Crippen LogP contribution in [-0.2, 0) is 31.8 Å². The maximum absolute atomic E-state index is 14.0. The molecule has 0 aliphatic carbocycles.